The van der Waals surface area contributed by atoms with Crippen molar-refractivity contribution in [2.45, 2.75) is 39.7 Å². The largest absolute Gasteiger partial charge is 0.387 e. The van der Waals surface area contributed by atoms with Crippen molar-refractivity contribution in [3.05, 3.63) is 22.4 Å². The van der Waals surface area contributed by atoms with Gasteiger partial charge in [0.05, 0.1) is 5.84 Å². The highest BCUT2D eigenvalue weighted by atomic mass is 32.1. The minimum absolute atomic E-state index is 0.174. The molecule has 0 aliphatic carbocycles. The van der Waals surface area contributed by atoms with E-state index in [1.54, 1.807) is 0 Å². The fraction of sp³-hybridized carbons (Fsp3) is 0.643. The lowest BCUT2D eigenvalue weighted by Gasteiger charge is -2.27. The van der Waals surface area contributed by atoms with Crippen molar-refractivity contribution in [1.82, 2.24) is 4.90 Å². The van der Waals surface area contributed by atoms with Gasteiger partial charge in [0.1, 0.15) is 0 Å². The normalized spacial score (nSPS) is 13.8. The van der Waals surface area contributed by atoms with Crippen LogP contribution >= 0.6 is 11.3 Å². The first kappa shape index (κ1) is 15.2. The summed E-state index contributed by atoms with van der Waals surface area (Å²) in [4.78, 5) is 3.77. The van der Waals surface area contributed by atoms with Crippen molar-refractivity contribution in [1.29, 1.82) is 5.41 Å². The molecule has 1 heterocycles. The molecule has 1 aromatic heterocycles. The molecule has 1 aromatic rings. The molecule has 0 spiro atoms. The number of amidine groups is 1. The topological polar surface area (TPSA) is 53.1 Å². The van der Waals surface area contributed by atoms with Gasteiger partial charge in [0.15, 0.2) is 0 Å². The van der Waals surface area contributed by atoms with Crippen LogP contribution in [0.3, 0.4) is 0 Å². The van der Waals surface area contributed by atoms with Gasteiger partial charge in [-0.15, -0.1) is 11.3 Å². The molecule has 0 fully saturated rings. The fourth-order valence-electron chi connectivity index (χ4n) is 1.84. The van der Waals surface area contributed by atoms with Crippen molar-refractivity contribution < 1.29 is 0 Å². The van der Waals surface area contributed by atoms with Crippen LogP contribution in [0.5, 0.6) is 0 Å². The number of nitrogens with one attached hydrogen (secondary N) is 1. The molecule has 0 radical (unpaired) electrons. The van der Waals surface area contributed by atoms with E-state index in [1.807, 2.05) is 25.2 Å². The Morgan fingerprint density at radius 3 is 2.72 bits per heavy atom. The molecule has 0 aliphatic rings. The first-order valence-corrected chi connectivity index (χ1v) is 7.30. The summed E-state index contributed by atoms with van der Waals surface area (Å²) < 4.78 is 0. The Morgan fingerprint density at radius 1 is 1.56 bits per heavy atom. The number of rotatable bonds is 7. The van der Waals surface area contributed by atoms with E-state index in [9.17, 15) is 0 Å². The minimum atomic E-state index is -0.174. The molecular formula is C14H25N3S. The second-order valence-corrected chi connectivity index (χ2v) is 6.55. The summed E-state index contributed by atoms with van der Waals surface area (Å²) in [5, 5.41) is 9.67. The highest BCUT2D eigenvalue weighted by Crippen LogP contribution is 2.25. The summed E-state index contributed by atoms with van der Waals surface area (Å²) in [5.74, 6) is 0.288. The second-order valence-electron chi connectivity index (χ2n) is 5.57. The zero-order valence-corrected chi connectivity index (χ0v) is 12.7. The molecule has 1 rings (SSSR count). The average molecular weight is 267 g/mol. The third-order valence-corrected chi connectivity index (χ3v) is 4.70. The zero-order valence-electron chi connectivity index (χ0n) is 11.9. The molecule has 1 unspecified atom stereocenters. The number of nitrogens with two attached hydrogens (primary N) is 1. The number of hydrogen-bond donors (Lipinski definition) is 2. The second kappa shape index (κ2) is 6.34. The van der Waals surface area contributed by atoms with E-state index in [2.05, 4.69) is 36.4 Å². The van der Waals surface area contributed by atoms with Gasteiger partial charge in [0, 0.05) is 16.3 Å². The average Bonchev–Trinajstić information content (AvgIpc) is 2.80. The lowest BCUT2D eigenvalue weighted by atomic mass is 9.86. The summed E-state index contributed by atoms with van der Waals surface area (Å²) in [7, 11) is 2.16. The molecule has 4 heteroatoms. The highest BCUT2D eigenvalue weighted by molar-refractivity contribution is 7.10. The molecule has 0 aromatic carbocycles. The van der Waals surface area contributed by atoms with Gasteiger partial charge >= 0.3 is 0 Å². The van der Waals surface area contributed by atoms with Gasteiger partial charge in [-0.2, -0.15) is 0 Å². The van der Waals surface area contributed by atoms with Gasteiger partial charge in [-0.05, 0) is 44.8 Å². The van der Waals surface area contributed by atoms with Crippen LogP contribution in [0.15, 0.2) is 17.5 Å². The van der Waals surface area contributed by atoms with Gasteiger partial charge in [0.2, 0.25) is 0 Å². The third kappa shape index (κ3) is 4.10. The van der Waals surface area contributed by atoms with E-state index in [-0.39, 0.29) is 11.3 Å². The lowest BCUT2D eigenvalue weighted by Crippen LogP contribution is -2.32. The quantitative estimate of drug-likeness (QED) is 0.587. The third-order valence-electron chi connectivity index (χ3n) is 3.66. The molecule has 3 N–H and O–H groups in total. The molecule has 1 atom stereocenters. The smallest absolute Gasteiger partial charge is 0.0963 e. The van der Waals surface area contributed by atoms with E-state index >= 15 is 0 Å². The molecule has 0 saturated heterocycles. The number of thiophene rings is 1. The van der Waals surface area contributed by atoms with Crippen molar-refractivity contribution in [3.63, 3.8) is 0 Å². The van der Waals surface area contributed by atoms with Crippen molar-refractivity contribution in [2.24, 2.45) is 11.1 Å². The monoisotopic (exact) mass is 267 g/mol. The van der Waals surface area contributed by atoms with Gasteiger partial charge < -0.3 is 5.73 Å². The first-order valence-electron chi connectivity index (χ1n) is 6.43. The predicted octanol–water partition coefficient (Wildman–Crippen LogP) is 3.48. The van der Waals surface area contributed by atoms with Crippen molar-refractivity contribution >= 4 is 17.2 Å². The van der Waals surface area contributed by atoms with E-state index in [1.165, 1.54) is 4.88 Å². The highest BCUT2D eigenvalue weighted by Gasteiger charge is 2.21. The van der Waals surface area contributed by atoms with Crippen LogP contribution in [0.1, 0.15) is 44.5 Å². The SMILES string of the molecule is CC(c1cccs1)N(C)CCCC(C)(C)C(=N)N. The van der Waals surface area contributed by atoms with Crippen LogP contribution in [0.2, 0.25) is 0 Å². The van der Waals surface area contributed by atoms with Crippen LogP contribution in [0.4, 0.5) is 0 Å². The van der Waals surface area contributed by atoms with Crippen LogP contribution in [-0.2, 0) is 0 Å². The molecule has 102 valence electrons. The standard InChI is InChI=1S/C14H25N3S/c1-11(12-7-5-10-18-12)17(4)9-6-8-14(2,3)13(15)16/h5,7,10-11H,6,8-9H2,1-4H3,(H3,15,16). The molecule has 18 heavy (non-hydrogen) atoms. The lowest BCUT2D eigenvalue weighted by molar-refractivity contribution is 0.249. The Morgan fingerprint density at radius 2 is 2.22 bits per heavy atom. The van der Waals surface area contributed by atoms with Crippen molar-refractivity contribution in [3.8, 4) is 0 Å². The van der Waals surface area contributed by atoms with E-state index < -0.39 is 0 Å². The molecular weight excluding hydrogens is 242 g/mol. The number of hydrogen-bond acceptors (Lipinski definition) is 3. The molecule has 0 saturated carbocycles. The van der Waals surface area contributed by atoms with Crippen molar-refractivity contribution in [2.75, 3.05) is 13.6 Å². The molecule has 0 aliphatic heterocycles. The van der Waals surface area contributed by atoms with Gasteiger partial charge in [-0.25, -0.2) is 0 Å². The summed E-state index contributed by atoms with van der Waals surface area (Å²) in [6, 6.07) is 4.75. The molecule has 3 nitrogen and oxygen atoms in total. The van der Waals surface area contributed by atoms with Gasteiger partial charge in [-0.1, -0.05) is 19.9 Å². The molecule has 0 bridgehead atoms. The summed E-state index contributed by atoms with van der Waals surface area (Å²) >= 11 is 1.81. The Kier molecular flexibility index (Phi) is 5.35. The maximum Gasteiger partial charge on any atom is 0.0963 e. The maximum atomic E-state index is 7.55. The van der Waals surface area contributed by atoms with E-state index in [0.29, 0.717) is 6.04 Å². The summed E-state index contributed by atoms with van der Waals surface area (Å²) in [6.45, 7) is 7.35. The Balaban J connectivity index is 2.38. The first-order chi connectivity index (χ1) is 8.34. The van der Waals surface area contributed by atoms with Crippen LogP contribution in [0, 0.1) is 10.8 Å². The fourth-order valence-corrected chi connectivity index (χ4v) is 2.69. The Hall–Kier alpha value is -0.870. The summed E-state index contributed by atoms with van der Waals surface area (Å²) in [5.41, 5.74) is 5.42. The van der Waals surface area contributed by atoms with Crippen LogP contribution in [0.25, 0.3) is 0 Å². The summed E-state index contributed by atoms with van der Waals surface area (Å²) in [6.07, 6.45) is 2.03. The molecule has 0 amide bonds. The number of nitrogens with zero attached hydrogens (tertiary/aromatic N) is 1. The Bertz CT molecular complexity index is 370. The minimum Gasteiger partial charge on any atom is -0.387 e. The van der Waals surface area contributed by atoms with Gasteiger partial charge in [-0.3, -0.25) is 10.3 Å². The van der Waals surface area contributed by atoms with Gasteiger partial charge in [0.25, 0.3) is 0 Å². The maximum absolute atomic E-state index is 7.55. The Labute approximate surface area is 115 Å². The zero-order chi connectivity index (χ0) is 13.8. The van der Waals surface area contributed by atoms with E-state index in [0.717, 1.165) is 19.4 Å². The van der Waals surface area contributed by atoms with E-state index in [4.69, 9.17) is 11.1 Å². The predicted molar refractivity (Wildman–Crippen MR) is 80.3 cm³/mol. The van der Waals surface area contributed by atoms with Crippen LogP contribution < -0.4 is 5.73 Å². The van der Waals surface area contributed by atoms with Crippen LogP contribution in [-0.4, -0.2) is 24.3 Å².